The van der Waals surface area contributed by atoms with Gasteiger partial charge in [0.2, 0.25) is 0 Å². The highest BCUT2D eigenvalue weighted by molar-refractivity contribution is 7.11. The zero-order chi connectivity index (χ0) is 15.5. The van der Waals surface area contributed by atoms with Crippen LogP contribution < -0.4 is 5.32 Å². The number of aromatic nitrogens is 1. The highest BCUT2D eigenvalue weighted by Gasteiger charge is 2.23. The maximum Gasteiger partial charge on any atom is 0.254 e. The second-order valence-corrected chi connectivity index (χ2v) is 6.79. The lowest BCUT2D eigenvalue weighted by Crippen LogP contribution is -2.31. The van der Waals surface area contributed by atoms with E-state index in [0.717, 1.165) is 17.8 Å². The van der Waals surface area contributed by atoms with Gasteiger partial charge in [-0.1, -0.05) is 30.3 Å². The number of aryl methyl sites for hydroxylation is 2. The van der Waals surface area contributed by atoms with Crippen molar-refractivity contribution in [1.29, 1.82) is 0 Å². The Morgan fingerprint density at radius 1 is 1.27 bits per heavy atom. The highest BCUT2D eigenvalue weighted by atomic mass is 32.1. The Balaban J connectivity index is 1.67. The minimum Gasteiger partial charge on any atom is -0.378 e. The Morgan fingerprint density at radius 2 is 2.00 bits per heavy atom. The smallest absolute Gasteiger partial charge is 0.254 e. The molecule has 5 heteroatoms. The number of carbonyl (C=O) groups excluding carboxylic acids is 1. The second-order valence-electron chi connectivity index (χ2n) is 5.67. The third-order valence-electron chi connectivity index (χ3n) is 3.96. The van der Waals surface area contributed by atoms with Gasteiger partial charge in [-0.25, -0.2) is 4.98 Å². The lowest BCUT2D eigenvalue weighted by molar-refractivity contribution is -0.130. The first-order chi connectivity index (χ1) is 10.6. The van der Waals surface area contributed by atoms with Crippen LogP contribution in [0.1, 0.15) is 53.1 Å². The summed E-state index contributed by atoms with van der Waals surface area (Å²) in [6.45, 7) is 1.92. The van der Waals surface area contributed by atoms with Gasteiger partial charge in [0.1, 0.15) is 5.01 Å². The fourth-order valence-electron chi connectivity index (χ4n) is 2.70. The minimum absolute atomic E-state index is 0.179. The number of benzene rings is 1. The molecule has 0 saturated carbocycles. The van der Waals surface area contributed by atoms with Crippen LogP contribution in [0.4, 0.5) is 0 Å². The molecule has 1 aliphatic rings. The molecule has 2 N–H and O–H groups in total. The molecular weight excluding hydrogens is 296 g/mol. The first-order valence-corrected chi connectivity index (χ1v) is 8.48. The van der Waals surface area contributed by atoms with Crippen molar-refractivity contribution in [1.82, 2.24) is 10.3 Å². The Hall–Kier alpha value is -1.72. The fourth-order valence-corrected chi connectivity index (χ4v) is 3.85. The van der Waals surface area contributed by atoms with Crippen LogP contribution in [0.25, 0.3) is 0 Å². The van der Waals surface area contributed by atoms with Crippen molar-refractivity contribution in [3.8, 4) is 0 Å². The number of aliphatic hydroxyl groups excluding tert-OH is 1. The molecule has 2 atom stereocenters. The zero-order valence-corrected chi connectivity index (χ0v) is 13.4. The van der Waals surface area contributed by atoms with Crippen LogP contribution in [0.3, 0.4) is 0 Å². The number of nitrogens with zero attached hydrogens (tertiary/aromatic N) is 1. The van der Waals surface area contributed by atoms with Gasteiger partial charge in [-0.3, -0.25) is 4.79 Å². The van der Waals surface area contributed by atoms with E-state index in [1.54, 1.807) is 23.5 Å². The summed E-state index contributed by atoms with van der Waals surface area (Å²) in [4.78, 5) is 18.2. The summed E-state index contributed by atoms with van der Waals surface area (Å²) >= 11 is 1.69. The first kappa shape index (κ1) is 15.2. The van der Waals surface area contributed by atoms with Gasteiger partial charge < -0.3 is 10.4 Å². The van der Waals surface area contributed by atoms with E-state index >= 15 is 0 Å². The molecule has 0 aliphatic heterocycles. The van der Waals surface area contributed by atoms with E-state index in [9.17, 15) is 9.90 Å². The first-order valence-electron chi connectivity index (χ1n) is 7.67. The zero-order valence-electron chi connectivity index (χ0n) is 12.6. The predicted octanol–water partition coefficient (Wildman–Crippen LogP) is 2.93. The number of fused-ring (bicyclic) bond motifs is 1. The molecule has 0 radical (unpaired) electrons. The molecule has 0 spiro atoms. The van der Waals surface area contributed by atoms with Gasteiger partial charge in [0.25, 0.3) is 5.91 Å². The Morgan fingerprint density at radius 3 is 2.73 bits per heavy atom. The predicted molar refractivity (Wildman–Crippen MR) is 86.7 cm³/mol. The van der Waals surface area contributed by atoms with Crippen LogP contribution in [-0.4, -0.2) is 16.0 Å². The molecule has 1 heterocycles. The summed E-state index contributed by atoms with van der Waals surface area (Å²) < 4.78 is 0. The maximum atomic E-state index is 12.2. The number of hydrogen-bond acceptors (Lipinski definition) is 4. The van der Waals surface area contributed by atoms with Crippen molar-refractivity contribution < 1.29 is 9.90 Å². The van der Waals surface area contributed by atoms with Crippen LogP contribution in [0.15, 0.2) is 30.3 Å². The number of nitrogens with one attached hydrogen (secondary N) is 1. The van der Waals surface area contributed by atoms with Gasteiger partial charge in [-0.2, -0.15) is 0 Å². The molecule has 0 saturated heterocycles. The lowest BCUT2D eigenvalue weighted by atomic mass is 10.0. The molecule has 1 aromatic heterocycles. The van der Waals surface area contributed by atoms with Gasteiger partial charge in [0.05, 0.1) is 11.7 Å². The summed E-state index contributed by atoms with van der Waals surface area (Å²) in [5.41, 5.74) is 1.79. The molecule has 0 unspecified atom stereocenters. The number of hydrogen-bond donors (Lipinski definition) is 2. The molecule has 4 nitrogen and oxygen atoms in total. The molecule has 0 fully saturated rings. The van der Waals surface area contributed by atoms with Crippen LogP contribution in [0.5, 0.6) is 0 Å². The number of aliphatic hydroxyl groups is 1. The van der Waals surface area contributed by atoms with E-state index < -0.39 is 6.10 Å². The van der Waals surface area contributed by atoms with Crippen molar-refractivity contribution >= 4 is 17.2 Å². The molecule has 116 valence electrons. The van der Waals surface area contributed by atoms with Crippen LogP contribution in [-0.2, 0) is 17.6 Å². The van der Waals surface area contributed by atoms with E-state index in [2.05, 4.69) is 10.3 Å². The number of carbonyl (C=O) groups is 1. The van der Waals surface area contributed by atoms with E-state index in [-0.39, 0.29) is 11.9 Å². The van der Waals surface area contributed by atoms with Gasteiger partial charge in [-0.15, -0.1) is 11.3 Å². The minimum atomic E-state index is -1.14. The summed E-state index contributed by atoms with van der Waals surface area (Å²) in [5, 5.41) is 13.9. The quantitative estimate of drug-likeness (QED) is 0.911. The van der Waals surface area contributed by atoms with Crippen molar-refractivity contribution in [2.75, 3.05) is 0 Å². The van der Waals surface area contributed by atoms with Gasteiger partial charge in [0, 0.05) is 4.88 Å². The Labute approximate surface area is 134 Å². The Bertz CT molecular complexity index is 630. The van der Waals surface area contributed by atoms with Crippen molar-refractivity contribution in [2.45, 2.75) is 44.8 Å². The van der Waals surface area contributed by atoms with E-state index in [4.69, 9.17) is 0 Å². The van der Waals surface area contributed by atoms with Gasteiger partial charge in [-0.05, 0) is 38.2 Å². The molecule has 1 aromatic carbocycles. The lowest BCUT2D eigenvalue weighted by Gasteiger charge is -2.15. The maximum absolute atomic E-state index is 12.2. The van der Waals surface area contributed by atoms with Crippen molar-refractivity contribution in [2.24, 2.45) is 0 Å². The summed E-state index contributed by atoms with van der Waals surface area (Å²) in [6.07, 6.45) is 3.42. The normalized spacial score (nSPS) is 16.6. The third-order valence-corrected chi connectivity index (χ3v) is 5.30. The molecule has 22 heavy (non-hydrogen) atoms. The van der Waals surface area contributed by atoms with Crippen LogP contribution >= 0.6 is 11.3 Å². The molecule has 1 aliphatic carbocycles. The van der Waals surface area contributed by atoms with Crippen molar-refractivity contribution in [3.63, 3.8) is 0 Å². The molecule has 3 rings (SSSR count). The van der Waals surface area contributed by atoms with Crippen LogP contribution in [0, 0.1) is 0 Å². The van der Waals surface area contributed by atoms with Gasteiger partial charge >= 0.3 is 0 Å². The summed E-state index contributed by atoms with van der Waals surface area (Å²) in [5.74, 6) is -0.383. The van der Waals surface area contributed by atoms with Crippen LogP contribution in [0.2, 0.25) is 0 Å². The fraction of sp³-hybridized carbons (Fsp3) is 0.412. The van der Waals surface area contributed by atoms with Gasteiger partial charge in [0.15, 0.2) is 6.10 Å². The third kappa shape index (κ3) is 3.20. The Kier molecular flexibility index (Phi) is 4.55. The SMILES string of the molecule is C[C@@H](NC(=O)[C@H](O)c1ccccc1)c1nc2c(s1)CCCC2. The molecule has 1 amide bonds. The average Bonchev–Trinajstić information content (AvgIpc) is 2.99. The largest absolute Gasteiger partial charge is 0.378 e. The monoisotopic (exact) mass is 316 g/mol. The topological polar surface area (TPSA) is 62.2 Å². The number of amides is 1. The van der Waals surface area contributed by atoms with E-state index in [0.29, 0.717) is 5.56 Å². The van der Waals surface area contributed by atoms with E-state index in [1.807, 2.05) is 25.1 Å². The summed E-state index contributed by atoms with van der Waals surface area (Å²) in [6, 6.07) is 8.79. The molecular formula is C17H20N2O2S. The molecule has 2 aromatic rings. The molecule has 0 bridgehead atoms. The number of rotatable bonds is 4. The summed E-state index contributed by atoms with van der Waals surface area (Å²) in [7, 11) is 0. The second kappa shape index (κ2) is 6.58. The standard InChI is InChI=1S/C17H20N2O2S/c1-11(17-19-13-9-5-6-10-14(13)22-17)18-16(21)15(20)12-7-3-2-4-8-12/h2-4,7-8,11,15,20H,5-6,9-10H2,1H3,(H,18,21)/t11-,15-/m1/s1. The van der Waals surface area contributed by atoms with E-state index in [1.165, 1.54) is 23.4 Å². The average molecular weight is 316 g/mol. The van der Waals surface area contributed by atoms with Crippen molar-refractivity contribution in [3.05, 3.63) is 51.5 Å². The highest BCUT2D eigenvalue weighted by Crippen LogP contribution is 2.30. The number of thiazole rings is 1.